The molecule has 1 aromatic carbocycles. The molecule has 0 saturated heterocycles. The van der Waals surface area contributed by atoms with Gasteiger partial charge in [0.1, 0.15) is 18.2 Å². The van der Waals surface area contributed by atoms with Crippen molar-refractivity contribution in [1.29, 1.82) is 0 Å². The van der Waals surface area contributed by atoms with Gasteiger partial charge in [0, 0.05) is 11.8 Å². The van der Waals surface area contributed by atoms with E-state index < -0.39 is 11.5 Å². The molecule has 0 aliphatic carbocycles. The van der Waals surface area contributed by atoms with Crippen LogP contribution in [0.5, 0.6) is 5.75 Å². The molecular formula is C16H16N2O4. The number of H-pyrrole nitrogens is 1. The second-order valence-electron chi connectivity index (χ2n) is 4.64. The van der Waals surface area contributed by atoms with E-state index in [2.05, 4.69) is 16.5 Å². The summed E-state index contributed by atoms with van der Waals surface area (Å²) in [6.07, 6.45) is 3.37. The van der Waals surface area contributed by atoms with Gasteiger partial charge in [0.25, 0.3) is 5.56 Å². The Morgan fingerprint density at radius 2 is 2.14 bits per heavy atom. The van der Waals surface area contributed by atoms with Crippen molar-refractivity contribution in [2.75, 3.05) is 0 Å². The summed E-state index contributed by atoms with van der Waals surface area (Å²) in [6, 6.07) is 7.53. The number of aromatic amines is 1. The molecule has 1 aromatic heterocycles. The molecule has 0 saturated carbocycles. The minimum Gasteiger partial charge on any atom is -0.485 e. The van der Waals surface area contributed by atoms with Gasteiger partial charge in [-0.1, -0.05) is 24.3 Å². The lowest BCUT2D eigenvalue weighted by molar-refractivity contribution is -0.136. The fourth-order valence-corrected chi connectivity index (χ4v) is 1.94. The summed E-state index contributed by atoms with van der Waals surface area (Å²) in [5, 5.41) is 8.68. The van der Waals surface area contributed by atoms with Crippen molar-refractivity contribution < 1.29 is 14.6 Å². The van der Waals surface area contributed by atoms with Crippen molar-refractivity contribution in [2.45, 2.75) is 19.4 Å². The molecule has 2 N–H and O–H groups in total. The number of benzene rings is 1. The standard InChI is InChI=1S/C16H16N2O4/c1-2-5-11-6-3-4-7-13(11)22-10-14-17-9-12(8-15(19)20)16(21)18-14/h2-4,6-7,9H,1,5,8,10H2,(H,19,20)(H,17,18,21). The zero-order valence-corrected chi connectivity index (χ0v) is 11.9. The Morgan fingerprint density at radius 3 is 2.82 bits per heavy atom. The third-order valence-electron chi connectivity index (χ3n) is 2.97. The Morgan fingerprint density at radius 1 is 1.36 bits per heavy atom. The number of allylic oxidation sites excluding steroid dienone is 1. The highest BCUT2D eigenvalue weighted by atomic mass is 16.5. The average Bonchev–Trinajstić information content (AvgIpc) is 2.49. The van der Waals surface area contributed by atoms with Gasteiger partial charge in [0.15, 0.2) is 0 Å². The van der Waals surface area contributed by atoms with E-state index in [1.54, 1.807) is 6.08 Å². The Kier molecular flexibility index (Phi) is 5.08. The number of aliphatic carboxylic acids is 1. The smallest absolute Gasteiger partial charge is 0.308 e. The first-order chi connectivity index (χ1) is 10.6. The van der Waals surface area contributed by atoms with Crippen LogP contribution in [0.1, 0.15) is 17.0 Å². The van der Waals surface area contributed by atoms with Gasteiger partial charge in [-0.15, -0.1) is 6.58 Å². The van der Waals surface area contributed by atoms with Crippen molar-refractivity contribution in [3.8, 4) is 5.75 Å². The van der Waals surface area contributed by atoms with Crippen LogP contribution in [0.3, 0.4) is 0 Å². The Labute approximate surface area is 127 Å². The summed E-state index contributed by atoms with van der Waals surface area (Å²) < 4.78 is 5.65. The number of rotatable bonds is 7. The fourth-order valence-electron chi connectivity index (χ4n) is 1.94. The molecule has 6 heteroatoms. The quantitative estimate of drug-likeness (QED) is 0.759. The van der Waals surface area contributed by atoms with Gasteiger partial charge >= 0.3 is 5.97 Å². The minimum atomic E-state index is -1.07. The van der Waals surface area contributed by atoms with Crippen LogP contribution in [0.15, 0.2) is 47.9 Å². The minimum absolute atomic E-state index is 0.0940. The van der Waals surface area contributed by atoms with Crippen molar-refractivity contribution in [3.63, 3.8) is 0 Å². The monoisotopic (exact) mass is 300 g/mol. The third-order valence-corrected chi connectivity index (χ3v) is 2.97. The van der Waals surface area contributed by atoms with E-state index in [1.807, 2.05) is 24.3 Å². The fraction of sp³-hybridized carbons (Fsp3) is 0.188. The lowest BCUT2D eigenvalue weighted by atomic mass is 10.1. The molecule has 0 unspecified atom stereocenters. The Hall–Kier alpha value is -2.89. The summed E-state index contributed by atoms with van der Waals surface area (Å²) in [6.45, 7) is 3.79. The second-order valence-corrected chi connectivity index (χ2v) is 4.64. The van der Waals surface area contributed by atoms with Crippen LogP contribution in [-0.2, 0) is 24.2 Å². The maximum atomic E-state index is 11.7. The van der Waals surface area contributed by atoms with Gasteiger partial charge in [0.2, 0.25) is 0 Å². The van der Waals surface area contributed by atoms with Crippen LogP contribution in [-0.4, -0.2) is 21.0 Å². The molecule has 0 spiro atoms. The molecule has 0 aliphatic heterocycles. The van der Waals surface area contributed by atoms with Gasteiger partial charge in [-0.2, -0.15) is 0 Å². The summed E-state index contributed by atoms with van der Waals surface area (Å²) in [7, 11) is 0. The van der Waals surface area contributed by atoms with E-state index in [0.717, 1.165) is 5.56 Å². The van der Waals surface area contributed by atoms with E-state index in [1.165, 1.54) is 6.20 Å². The van der Waals surface area contributed by atoms with Crippen molar-refractivity contribution in [3.05, 3.63) is 70.4 Å². The Bertz CT molecular complexity index is 737. The van der Waals surface area contributed by atoms with Gasteiger partial charge in [-0.05, 0) is 18.1 Å². The molecule has 1 heterocycles. The van der Waals surface area contributed by atoms with E-state index in [9.17, 15) is 9.59 Å². The molecule has 0 atom stereocenters. The first-order valence-corrected chi connectivity index (χ1v) is 6.70. The normalized spacial score (nSPS) is 10.2. The molecule has 0 radical (unpaired) electrons. The number of nitrogens with zero attached hydrogens (tertiary/aromatic N) is 1. The molecule has 0 aliphatic rings. The number of carboxylic acid groups (broad SMARTS) is 1. The molecule has 0 bridgehead atoms. The summed E-state index contributed by atoms with van der Waals surface area (Å²) in [4.78, 5) is 28.9. The van der Waals surface area contributed by atoms with Crippen LogP contribution in [0.4, 0.5) is 0 Å². The molecule has 0 amide bonds. The first-order valence-electron chi connectivity index (χ1n) is 6.70. The van der Waals surface area contributed by atoms with E-state index >= 15 is 0 Å². The van der Waals surface area contributed by atoms with E-state index in [4.69, 9.17) is 9.84 Å². The number of ether oxygens (including phenoxy) is 1. The first kappa shape index (κ1) is 15.5. The number of para-hydroxylation sites is 1. The van der Waals surface area contributed by atoms with Crippen molar-refractivity contribution in [1.82, 2.24) is 9.97 Å². The number of hydrogen-bond donors (Lipinski definition) is 2. The molecule has 22 heavy (non-hydrogen) atoms. The lowest BCUT2D eigenvalue weighted by Crippen LogP contribution is -2.19. The largest absolute Gasteiger partial charge is 0.485 e. The molecular weight excluding hydrogens is 284 g/mol. The zero-order chi connectivity index (χ0) is 15.9. The highest BCUT2D eigenvalue weighted by molar-refractivity contribution is 5.69. The maximum absolute atomic E-state index is 11.7. The Balaban J connectivity index is 2.09. The summed E-state index contributed by atoms with van der Waals surface area (Å²) in [5.74, 6) is -0.0399. The molecule has 2 rings (SSSR count). The third kappa shape index (κ3) is 4.05. The van der Waals surface area contributed by atoms with Crippen LogP contribution in [0.2, 0.25) is 0 Å². The van der Waals surface area contributed by atoms with Crippen LogP contribution in [0.25, 0.3) is 0 Å². The van der Waals surface area contributed by atoms with Crippen molar-refractivity contribution in [2.24, 2.45) is 0 Å². The maximum Gasteiger partial charge on any atom is 0.308 e. The number of hydrogen-bond acceptors (Lipinski definition) is 4. The van der Waals surface area contributed by atoms with Crippen LogP contribution in [0, 0.1) is 0 Å². The number of nitrogens with one attached hydrogen (secondary N) is 1. The predicted molar refractivity (Wildman–Crippen MR) is 80.9 cm³/mol. The molecule has 0 fully saturated rings. The lowest BCUT2D eigenvalue weighted by Gasteiger charge is -2.10. The summed E-state index contributed by atoms with van der Waals surface area (Å²) >= 11 is 0. The molecule has 6 nitrogen and oxygen atoms in total. The highest BCUT2D eigenvalue weighted by Gasteiger charge is 2.08. The van der Waals surface area contributed by atoms with Gasteiger partial charge in [-0.25, -0.2) is 4.98 Å². The second kappa shape index (κ2) is 7.21. The van der Waals surface area contributed by atoms with Crippen LogP contribution >= 0.6 is 0 Å². The van der Waals surface area contributed by atoms with Gasteiger partial charge in [0.05, 0.1) is 6.42 Å². The topological polar surface area (TPSA) is 92.3 Å². The summed E-state index contributed by atoms with van der Waals surface area (Å²) in [5.41, 5.74) is 0.640. The number of aromatic nitrogens is 2. The zero-order valence-electron chi connectivity index (χ0n) is 11.9. The van der Waals surface area contributed by atoms with Gasteiger partial charge < -0.3 is 14.8 Å². The van der Waals surface area contributed by atoms with E-state index in [-0.39, 0.29) is 18.6 Å². The number of carboxylic acids is 1. The molecule has 2 aromatic rings. The number of carbonyl (C=O) groups is 1. The molecule has 114 valence electrons. The van der Waals surface area contributed by atoms with Crippen molar-refractivity contribution >= 4 is 5.97 Å². The average molecular weight is 300 g/mol. The predicted octanol–water partition coefficient (Wildman–Crippen LogP) is 1.70. The van der Waals surface area contributed by atoms with E-state index in [0.29, 0.717) is 18.0 Å². The SMILES string of the molecule is C=CCc1ccccc1OCc1ncc(CC(=O)O)c(=O)[nH]1. The highest BCUT2D eigenvalue weighted by Crippen LogP contribution is 2.19. The van der Waals surface area contributed by atoms with Crippen LogP contribution < -0.4 is 10.3 Å². The van der Waals surface area contributed by atoms with Gasteiger partial charge in [-0.3, -0.25) is 9.59 Å².